The molecule has 0 radical (unpaired) electrons. The summed E-state index contributed by atoms with van der Waals surface area (Å²) in [6.45, 7) is 3.85. The van der Waals surface area contributed by atoms with Crippen LogP contribution >= 0.6 is 0 Å². The topological polar surface area (TPSA) is 99.1 Å². The largest absolute Gasteiger partial charge is 0.494 e. The van der Waals surface area contributed by atoms with Crippen LogP contribution in [0, 0.1) is 0 Å². The number of aliphatic hydroxyl groups excluding tert-OH is 1. The molecule has 0 bridgehead atoms. The van der Waals surface area contributed by atoms with Gasteiger partial charge in [-0.05, 0) is 74.2 Å². The molecule has 0 unspecified atom stereocenters. The van der Waals surface area contributed by atoms with Gasteiger partial charge in [0.05, 0.1) is 19.8 Å². The van der Waals surface area contributed by atoms with Crippen LogP contribution in [0.3, 0.4) is 0 Å². The van der Waals surface area contributed by atoms with Crippen LogP contribution in [-0.4, -0.2) is 50.1 Å². The fraction of sp³-hybridized carbons (Fsp3) is 0.625. The Bertz CT molecular complexity index is 1000. The highest BCUT2D eigenvalue weighted by Crippen LogP contribution is 2.15. The number of esters is 1. The van der Waals surface area contributed by atoms with Gasteiger partial charge >= 0.3 is 5.97 Å². The highest BCUT2D eigenvalue weighted by molar-refractivity contribution is 5.75. The maximum absolute atomic E-state index is 10.6. The number of rotatable bonds is 29. The molecule has 2 aromatic rings. The van der Waals surface area contributed by atoms with Crippen molar-refractivity contribution in [1.82, 2.24) is 0 Å². The average Bonchev–Trinajstić information content (AvgIpc) is 3.09. The molecule has 0 aliphatic rings. The van der Waals surface area contributed by atoms with Crippen LogP contribution < -0.4 is 9.47 Å². The van der Waals surface area contributed by atoms with Crippen LogP contribution in [0.15, 0.2) is 48.5 Å². The Morgan fingerprint density at radius 2 is 0.787 bits per heavy atom. The minimum atomic E-state index is -0.179. The molecule has 0 saturated heterocycles. The summed E-state index contributed by atoms with van der Waals surface area (Å²) in [5.74, 6) is 1.49. The summed E-state index contributed by atoms with van der Waals surface area (Å²) in [5.41, 5.74) is 1.36. The van der Waals surface area contributed by atoms with Crippen molar-refractivity contribution in [2.45, 2.75) is 135 Å². The third-order valence-corrected chi connectivity index (χ3v) is 7.97. The average molecular weight is 655 g/mol. The second-order valence-corrected chi connectivity index (χ2v) is 12.2. The predicted octanol–water partition coefficient (Wildman–Crippen LogP) is 10.1. The monoisotopic (exact) mass is 654 g/mol. The summed E-state index contributed by atoms with van der Waals surface area (Å²) in [6, 6.07) is 14.5. The first-order chi connectivity index (χ1) is 23.1. The predicted molar refractivity (Wildman–Crippen MR) is 191 cm³/mol. The van der Waals surface area contributed by atoms with Crippen molar-refractivity contribution in [3.8, 4) is 11.5 Å². The van der Waals surface area contributed by atoms with Gasteiger partial charge in [-0.1, -0.05) is 103 Å². The molecule has 0 fully saturated rings. The van der Waals surface area contributed by atoms with E-state index in [0.717, 1.165) is 69.4 Å². The van der Waals surface area contributed by atoms with Gasteiger partial charge in [-0.25, -0.2) is 0 Å². The van der Waals surface area contributed by atoms with E-state index in [1.54, 1.807) is 24.3 Å². The fourth-order valence-corrected chi connectivity index (χ4v) is 5.13. The van der Waals surface area contributed by atoms with E-state index in [1.807, 2.05) is 24.3 Å². The minimum absolute atomic E-state index is 0.179. The van der Waals surface area contributed by atoms with Crippen LogP contribution in [0.5, 0.6) is 11.5 Å². The molecule has 7 nitrogen and oxygen atoms in total. The summed E-state index contributed by atoms with van der Waals surface area (Å²) in [7, 11) is 0. The van der Waals surface area contributed by atoms with E-state index in [2.05, 4.69) is 0 Å². The zero-order valence-corrected chi connectivity index (χ0v) is 29.1. The van der Waals surface area contributed by atoms with Gasteiger partial charge in [-0.2, -0.15) is 0 Å². The molecular formula is C40H62O7. The van der Waals surface area contributed by atoms with Gasteiger partial charge in [0.2, 0.25) is 0 Å². The van der Waals surface area contributed by atoms with Gasteiger partial charge in [0.25, 0.3) is 0 Å². The number of carbonyl (C=O) groups excluding carboxylic acids is 3. The lowest BCUT2D eigenvalue weighted by atomic mass is 10.1. The molecule has 0 aromatic heterocycles. The highest BCUT2D eigenvalue weighted by atomic mass is 16.5. The summed E-state index contributed by atoms with van der Waals surface area (Å²) in [5, 5.41) is 8.68. The lowest BCUT2D eigenvalue weighted by Gasteiger charge is -2.06. The first kappa shape index (κ1) is 41.8. The molecule has 47 heavy (non-hydrogen) atoms. The third kappa shape index (κ3) is 26.6. The first-order valence-corrected chi connectivity index (χ1v) is 18.2. The smallest absolute Gasteiger partial charge is 0.302 e. The standard InChI is InChI=1S/C21H32O4.C19H30O3/c1-19(23)24-16-10-8-6-4-2-3-5-7-9-11-17-25-21-14-12-20(18-22)13-15-21;20-15-9-7-5-3-1-2-4-6-8-10-16-22-19-13-11-18(17-21)12-14-19/h12-15,18H,2-11,16-17H2,1H3;11-14,17,20H,1-10,15-16H2. The Hall–Kier alpha value is -3.19. The highest BCUT2D eigenvalue weighted by Gasteiger charge is 1.98. The van der Waals surface area contributed by atoms with Crippen LogP contribution in [0.4, 0.5) is 0 Å². The van der Waals surface area contributed by atoms with Gasteiger partial charge < -0.3 is 19.3 Å². The van der Waals surface area contributed by atoms with E-state index in [9.17, 15) is 14.4 Å². The molecule has 7 heteroatoms. The van der Waals surface area contributed by atoms with E-state index in [1.165, 1.54) is 103 Å². The van der Waals surface area contributed by atoms with Gasteiger partial charge in [0.1, 0.15) is 24.1 Å². The van der Waals surface area contributed by atoms with Crippen molar-refractivity contribution < 1.29 is 33.7 Å². The van der Waals surface area contributed by atoms with Crippen molar-refractivity contribution >= 4 is 18.5 Å². The van der Waals surface area contributed by atoms with Crippen molar-refractivity contribution in [2.24, 2.45) is 0 Å². The molecule has 0 amide bonds. The number of carbonyl (C=O) groups is 3. The molecule has 2 rings (SSSR count). The summed E-state index contributed by atoms with van der Waals surface area (Å²) < 4.78 is 16.2. The van der Waals surface area contributed by atoms with E-state index in [-0.39, 0.29) is 5.97 Å². The Balaban J connectivity index is 0.000000474. The fourth-order valence-electron chi connectivity index (χ4n) is 5.13. The van der Waals surface area contributed by atoms with Crippen LogP contribution in [0.2, 0.25) is 0 Å². The van der Waals surface area contributed by atoms with Gasteiger partial charge in [-0.3, -0.25) is 14.4 Å². The van der Waals surface area contributed by atoms with Crippen LogP contribution in [0.25, 0.3) is 0 Å². The van der Waals surface area contributed by atoms with E-state index in [0.29, 0.717) is 24.3 Å². The Labute approximate surface area is 284 Å². The van der Waals surface area contributed by atoms with E-state index < -0.39 is 0 Å². The zero-order valence-electron chi connectivity index (χ0n) is 29.1. The number of unbranched alkanes of at least 4 members (excludes halogenated alkanes) is 18. The van der Waals surface area contributed by atoms with E-state index >= 15 is 0 Å². The molecule has 264 valence electrons. The van der Waals surface area contributed by atoms with Crippen LogP contribution in [-0.2, 0) is 9.53 Å². The van der Waals surface area contributed by atoms with Crippen LogP contribution in [0.1, 0.15) is 156 Å². The maximum atomic E-state index is 10.6. The van der Waals surface area contributed by atoms with Gasteiger partial charge in [-0.15, -0.1) is 0 Å². The molecule has 2 aromatic carbocycles. The molecule has 0 atom stereocenters. The SMILES string of the molecule is CC(=O)OCCCCCCCCCCCCOc1ccc(C=O)cc1.O=Cc1ccc(OCCCCCCCCCCCCO)cc1. The number of ether oxygens (including phenoxy) is 3. The number of hydrogen-bond donors (Lipinski definition) is 1. The van der Waals surface area contributed by atoms with Crippen molar-refractivity contribution in [3.05, 3.63) is 59.7 Å². The number of hydrogen-bond acceptors (Lipinski definition) is 7. The normalized spacial score (nSPS) is 10.5. The quantitative estimate of drug-likeness (QED) is 0.0529. The summed E-state index contributed by atoms with van der Waals surface area (Å²) >= 11 is 0. The van der Waals surface area contributed by atoms with Crippen molar-refractivity contribution in [1.29, 1.82) is 0 Å². The maximum Gasteiger partial charge on any atom is 0.302 e. The molecular weight excluding hydrogens is 592 g/mol. The Kier molecular flexibility index (Phi) is 28.0. The third-order valence-electron chi connectivity index (χ3n) is 7.97. The lowest BCUT2D eigenvalue weighted by Crippen LogP contribution is -2.00. The second-order valence-electron chi connectivity index (χ2n) is 12.2. The number of aldehydes is 2. The molecule has 0 aliphatic carbocycles. The molecule has 0 saturated carbocycles. The number of benzene rings is 2. The summed E-state index contributed by atoms with van der Waals surface area (Å²) in [6.07, 6.45) is 26.0. The van der Waals surface area contributed by atoms with Gasteiger partial charge in [0.15, 0.2) is 0 Å². The molecule has 0 aliphatic heterocycles. The molecule has 0 spiro atoms. The zero-order chi connectivity index (χ0) is 34.0. The van der Waals surface area contributed by atoms with Gasteiger partial charge in [0, 0.05) is 24.7 Å². The number of aliphatic hydroxyl groups is 1. The summed E-state index contributed by atoms with van der Waals surface area (Å²) in [4.78, 5) is 31.7. The molecule has 1 N–H and O–H groups in total. The first-order valence-electron chi connectivity index (χ1n) is 18.2. The Morgan fingerprint density at radius 3 is 1.09 bits per heavy atom. The van der Waals surface area contributed by atoms with E-state index in [4.69, 9.17) is 19.3 Å². The second kappa shape index (κ2) is 31.4. The Morgan fingerprint density at radius 1 is 0.489 bits per heavy atom. The van der Waals surface area contributed by atoms with Crippen molar-refractivity contribution in [2.75, 3.05) is 26.4 Å². The van der Waals surface area contributed by atoms with Crippen molar-refractivity contribution in [3.63, 3.8) is 0 Å². The molecule has 0 heterocycles. The minimum Gasteiger partial charge on any atom is -0.494 e. The lowest BCUT2D eigenvalue weighted by molar-refractivity contribution is -0.141.